The molecule has 5 heterocycles. The number of para-hydroxylation sites is 2. The maximum absolute atomic E-state index is 15.3. The van der Waals surface area contributed by atoms with Crippen LogP contribution in [0.15, 0.2) is 122 Å². The minimum Gasteiger partial charge on any atom is -0.433 e. The Hall–Kier alpha value is -4.54. The molecule has 1 radical (unpaired) electrons. The largest absolute Gasteiger partial charge is 0.433 e. The summed E-state index contributed by atoms with van der Waals surface area (Å²) in [6, 6.07) is 38.0. The predicted molar refractivity (Wildman–Crippen MR) is 188 cm³/mol. The fraction of sp³-hybridized carbons (Fsp3) is 0.150. The van der Waals surface area contributed by atoms with Gasteiger partial charge in [-0.3, -0.25) is 0 Å². The van der Waals surface area contributed by atoms with Gasteiger partial charge in [0, 0.05) is 49.3 Å². The summed E-state index contributed by atoms with van der Waals surface area (Å²) in [6.07, 6.45) is 5.19. The smallest absolute Gasteiger partial charge is 0.150 e. The zero-order valence-electron chi connectivity index (χ0n) is 27.0. The van der Waals surface area contributed by atoms with Gasteiger partial charge in [0.25, 0.3) is 0 Å². The third-order valence-electron chi connectivity index (χ3n) is 9.53. The molecule has 3 aromatic heterocycles. The summed E-state index contributed by atoms with van der Waals surface area (Å²) in [5.74, 6) is 1.14. The molecule has 0 N–H and O–H groups in total. The van der Waals surface area contributed by atoms with Crippen molar-refractivity contribution in [2.24, 2.45) is 0 Å². The van der Waals surface area contributed by atoms with Crippen LogP contribution in [0.2, 0.25) is 0 Å². The predicted octanol–water partition coefficient (Wildman–Crippen LogP) is 7.11. The molecule has 0 bridgehead atoms. The van der Waals surface area contributed by atoms with E-state index in [1.165, 1.54) is 0 Å². The molecule has 239 valence electrons. The fourth-order valence-electron chi connectivity index (χ4n) is 7.12. The summed E-state index contributed by atoms with van der Waals surface area (Å²) >= 11 is 0. The molecule has 0 spiro atoms. The number of hydrogen-bond acceptors (Lipinski definition) is 5. The van der Waals surface area contributed by atoms with Crippen LogP contribution in [0.5, 0.6) is 0 Å². The Morgan fingerprint density at radius 3 is 1.94 bits per heavy atom. The number of nitrogens with zero attached hydrogens (tertiary/aromatic N) is 5. The van der Waals surface area contributed by atoms with E-state index in [4.69, 9.17) is 0 Å². The van der Waals surface area contributed by atoms with Crippen LogP contribution in [0.1, 0.15) is 49.9 Å². The molecule has 9 rings (SSSR count). The quantitative estimate of drug-likeness (QED) is 0.137. The van der Waals surface area contributed by atoms with E-state index >= 15 is 4.57 Å². The van der Waals surface area contributed by atoms with Gasteiger partial charge < -0.3 is 19.5 Å². The van der Waals surface area contributed by atoms with Crippen molar-refractivity contribution in [1.82, 2.24) is 24.9 Å². The molecule has 0 fully saturated rings. The van der Waals surface area contributed by atoms with Crippen LogP contribution in [0.4, 0.5) is 0 Å². The second-order valence-electron chi connectivity index (χ2n) is 13.0. The van der Waals surface area contributed by atoms with Gasteiger partial charge in [-0.05, 0) is 56.6 Å². The first-order chi connectivity index (χ1) is 22.7. The van der Waals surface area contributed by atoms with E-state index in [1.54, 1.807) is 18.5 Å². The molecule has 0 aliphatic carbocycles. The van der Waals surface area contributed by atoms with Gasteiger partial charge in [-0.25, -0.2) is 9.97 Å². The van der Waals surface area contributed by atoms with Crippen molar-refractivity contribution in [3.05, 3.63) is 150 Å². The van der Waals surface area contributed by atoms with Crippen LogP contribution in [0.25, 0.3) is 33.9 Å². The molecule has 0 saturated carbocycles. The first-order valence-corrected chi connectivity index (χ1v) is 17.4. The van der Waals surface area contributed by atoms with Crippen LogP contribution < -0.4 is 20.9 Å². The van der Waals surface area contributed by atoms with E-state index in [-0.39, 0.29) is 30.9 Å². The van der Waals surface area contributed by atoms with Crippen LogP contribution in [0, 0.1) is 6.07 Å². The molecule has 2 aliphatic rings. The average molecular weight is 822 g/mol. The molecule has 6 nitrogen and oxygen atoms in total. The monoisotopic (exact) mass is 822 g/mol. The number of hydrogen-bond donors (Lipinski definition) is 0. The standard InChI is InChI=1S/C29H25NOP.C11H7N4.Ir/c1-28(2)20-11-5-7-14-25(20)32(31)26-15-8-6-12-21(26)29(3,4)23-18-19(17-22(28)27(23)32)24-13-9-10-16-30-24;1-2-5-9-8(4-1)14-11(15-9)10-12-6-3-7-13-10;/h5-17H,1-4H3;1-7H;/q2*-1;. The summed E-state index contributed by atoms with van der Waals surface area (Å²) < 4.78 is 15.3. The van der Waals surface area contributed by atoms with E-state index in [9.17, 15) is 0 Å². The topological polar surface area (TPSA) is 82.7 Å². The minimum atomic E-state index is -3.04. The summed E-state index contributed by atoms with van der Waals surface area (Å²) in [4.78, 5) is 21.5. The molecule has 8 heteroatoms. The molecule has 7 aromatic rings. The van der Waals surface area contributed by atoms with Gasteiger partial charge in [0.2, 0.25) is 0 Å². The summed E-state index contributed by atoms with van der Waals surface area (Å²) in [5, 5.41) is 2.94. The summed E-state index contributed by atoms with van der Waals surface area (Å²) in [7, 11) is -3.04. The van der Waals surface area contributed by atoms with Gasteiger partial charge in [-0.1, -0.05) is 118 Å². The van der Waals surface area contributed by atoms with Crippen molar-refractivity contribution in [3.63, 3.8) is 0 Å². The summed E-state index contributed by atoms with van der Waals surface area (Å²) in [5.41, 5.74) is 7.46. The Labute approximate surface area is 293 Å². The number of rotatable bonds is 2. The maximum Gasteiger partial charge on any atom is 0.150 e. The Morgan fingerprint density at radius 1 is 0.667 bits per heavy atom. The minimum absolute atomic E-state index is 0. The molecule has 4 aromatic carbocycles. The number of benzene rings is 4. The van der Waals surface area contributed by atoms with E-state index in [0.717, 1.165) is 60.5 Å². The van der Waals surface area contributed by atoms with Crippen molar-refractivity contribution in [3.8, 4) is 22.9 Å². The van der Waals surface area contributed by atoms with Crippen molar-refractivity contribution < 1.29 is 24.7 Å². The normalized spacial score (nSPS) is 17.5. The Balaban J connectivity index is 0.000000191. The fourth-order valence-corrected chi connectivity index (χ4v) is 11.2. The number of imidazole rings is 1. The van der Waals surface area contributed by atoms with E-state index in [2.05, 4.69) is 101 Å². The van der Waals surface area contributed by atoms with Gasteiger partial charge in [0.1, 0.15) is 7.14 Å². The van der Waals surface area contributed by atoms with Crippen LogP contribution in [-0.4, -0.2) is 19.9 Å². The van der Waals surface area contributed by atoms with Crippen molar-refractivity contribution in [1.29, 1.82) is 0 Å². The number of fused-ring (bicyclic) bond motifs is 5. The van der Waals surface area contributed by atoms with Gasteiger partial charge in [-0.15, -0.1) is 28.8 Å². The van der Waals surface area contributed by atoms with E-state index in [1.807, 2.05) is 60.8 Å². The Kier molecular flexibility index (Phi) is 7.91. The van der Waals surface area contributed by atoms with Crippen molar-refractivity contribution >= 4 is 34.1 Å². The van der Waals surface area contributed by atoms with Gasteiger partial charge in [-0.2, -0.15) is 0 Å². The van der Waals surface area contributed by atoms with Crippen molar-refractivity contribution in [2.75, 3.05) is 0 Å². The van der Waals surface area contributed by atoms with Gasteiger partial charge in [0.15, 0.2) is 5.82 Å². The van der Waals surface area contributed by atoms with Crippen molar-refractivity contribution in [2.45, 2.75) is 38.5 Å². The zero-order valence-corrected chi connectivity index (χ0v) is 30.3. The van der Waals surface area contributed by atoms with Gasteiger partial charge >= 0.3 is 0 Å². The van der Waals surface area contributed by atoms with E-state index < -0.39 is 7.14 Å². The molecule has 1 unspecified atom stereocenters. The second kappa shape index (κ2) is 11.9. The maximum atomic E-state index is 15.3. The number of aromatic nitrogens is 5. The first-order valence-electron chi connectivity index (χ1n) is 15.7. The third-order valence-corrected chi connectivity index (χ3v) is 12.8. The van der Waals surface area contributed by atoms with Crippen LogP contribution in [0.3, 0.4) is 0 Å². The second-order valence-corrected chi connectivity index (χ2v) is 15.7. The first kappa shape index (κ1) is 32.0. The zero-order chi connectivity index (χ0) is 32.4. The number of pyridine rings is 1. The van der Waals surface area contributed by atoms with Gasteiger partial charge in [0.05, 0.1) is 0 Å². The van der Waals surface area contributed by atoms with Crippen LogP contribution >= 0.6 is 7.14 Å². The molecular formula is C40H32IrN5OP-2. The molecular weight excluding hydrogens is 790 g/mol. The summed E-state index contributed by atoms with van der Waals surface area (Å²) in [6.45, 7) is 8.97. The van der Waals surface area contributed by atoms with Crippen LogP contribution in [-0.2, 0) is 35.5 Å². The average Bonchev–Trinajstić information content (AvgIpc) is 3.56. The molecule has 1 atom stereocenters. The molecule has 48 heavy (non-hydrogen) atoms. The molecule has 0 saturated heterocycles. The molecule has 0 amide bonds. The molecule has 2 aliphatic heterocycles. The Morgan fingerprint density at radius 2 is 1.27 bits per heavy atom. The SMILES string of the molecule is CC1(C)c2[c-]c(-c3ccccn3)cc3c2P(=O)(c2ccccc21)c1ccccc1C3(C)C.[Ir].c1cnc(-c2nc3ccccc3[n-]2)nc1. The third kappa shape index (κ3) is 4.84. The Bertz CT molecular complexity index is 2230. The van der Waals surface area contributed by atoms with E-state index in [0.29, 0.717) is 11.6 Å².